The van der Waals surface area contributed by atoms with E-state index in [2.05, 4.69) is 16.0 Å². The topological polar surface area (TPSA) is 87.3 Å². The number of hydrogen-bond acceptors (Lipinski definition) is 3. The normalized spacial score (nSPS) is 10.9. The number of carbonyl (C=O) groups excluding carboxylic acids is 3. The van der Waals surface area contributed by atoms with Crippen LogP contribution in [0.5, 0.6) is 0 Å². The van der Waals surface area contributed by atoms with Crippen LogP contribution in [0.4, 0.5) is 17.1 Å². The maximum atomic E-state index is 12.7. The zero-order valence-corrected chi connectivity index (χ0v) is 16.3. The lowest BCUT2D eigenvalue weighted by Gasteiger charge is -2.23. The van der Waals surface area contributed by atoms with Crippen LogP contribution >= 0.6 is 0 Å². The molecule has 142 valence electrons. The van der Waals surface area contributed by atoms with Crippen LogP contribution in [-0.4, -0.2) is 17.7 Å². The molecule has 6 heteroatoms. The number of aryl methyl sites for hydroxylation is 2. The van der Waals surface area contributed by atoms with Gasteiger partial charge in [-0.15, -0.1) is 0 Å². The Hall–Kier alpha value is -3.15. The molecule has 2 aromatic carbocycles. The second-order valence-corrected chi connectivity index (χ2v) is 7.17. The number of anilines is 3. The molecule has 2 aromatic rings. The van der Waals surface area contributed by atoms with E-state index < -0.39 is 17.2 Å². The van der Waals surface area contributed by atoms with Crippen molar-refractivity contribution in [2.75, 3.05) is 16.0 Å². The number of amides is 3. The van der Waals surface area contributed by atoms with Crippen molar-refractivity contribution in [1.29, 1.82) is 0 Å². The van der Waals surface area contributed by atoms with Crippen molar-refractivity contribution >= 4 is 34.8 Å². The lowest BCUT2D eigenvalue weighted by molar-refractivity contribution is -0.135. The molecule has 0 unspecified atom stereocenters. The van der Waals surface area contributed by atoms with Gasteiger partial charge >= 0.3 is 0 Å². The molecule has 0 saturated carbocycles. The molecule has 0 spiro atoms. The van der Waals surface area contributed by atoms with Gasteiger partial charge in [-0.3, -0.25) is 14.4 Å². The first-order valence-corrected chi connectivity index (χ1v) is 8.67. The Morgan fingerprint density at radius 2 is 1.22 bits per heavy atom. The van der Waals surface area contributed by atoms with Gasteiger partial charge < -0.3 is 16.0 Å². The molecule has 0 aliphatic heterocycles. The number of benzene rings is 2. The molecule has 2 rings (SSSR count). The minimum absolute atomic E-state index is 0.202. The highest BCUT2D eigenvalue weighted by molar-refractivity contribution is 6.14. The van der Waals surface area contributed by atoms with Crippen molar-refractivity contribution in [2.24, 2.45) is 5.41 Å². The summed E-state index contributed by atoms with van der Waals surface area (Å²) in [4.78, 5) is 36.5. The van der Waals surface area contributed by atoms with E-state index in [9.17, 15) is 14.4 Å². The molecule has 0 heterocycles. The lowest BCUT2D eigenvalue weighted by atomic mass is 9.90. The summed E-state index contributed by atoms with van der Waals surface area (Å²) in [6, 6.07) is 12.5. The molecule has 3 N–H and O–H groups in total. The third-order valence-electron chi connectivity index (χ3n) is 4.06. The first-order valence-electron chi connectivity index (χ1n) is 8.67. The van der Waals surface area contributed by atoms with Crippen molar-refractivity contribution in [2.45, 2.75) is 34.6 Å². The summed E-state index contributed by atoms with van der Waals surface area (Å²) in [5.41, 5.74) is 2.49. The number of hydrogen-bond donors (Lipinski definition) is 3. The molecule has 0 radical (unpaired) electrons. The van der Waals surface area contributed by atoms with Crippen LogP contribution < -0.4 is 16.0 Å². The fraction of sp³-hybridized carbons (Fsp3) is 0.286. The summed E-state index contributed by atoms with van der Waals surface area (Å²) < 4.78 is 0. The highest BCUT2D eigenvalue weighted by Crippen LogP contribution is 2.24. The summed E-state index contributed by atoms with van der Waals surface area (Å²) >= 11 is 0. The van der Waals surface area contributed by atoms with Crippen molar-refractivity contribution in [1.82, 2.24) is 0 Å². The minimum atomic E-state index is -1.29. The Bertz CT molecular complexity index is 868. The van der Waals surface area contributed by atoms with E-state index in [1.165, 1.54) is 6.92 Å². The molecule has 27 heavy (non-hydrogen) atoms. The average molecular weight is 367 g/mol. The largest absolute Gasteiger partial charge is 0.326 e. The molecule has 0 fully saturated rings. The predicted molar refractivity (Wildman–Crippen MR) is 108 cm³/mol. The Morgan fingerprint density at radius 1 is 0.741 bits per heavy atom. The van der Waals surface area contributed by atoms with E-state index in [1.54, 1.807) is 38.1 Å². The molecule has 0 saturated heterocycles. The van der Waals surface area contributed by atoms with Crippen molar-refractivity contribution in [3.05, 3.63) is 53.6 Å². The van der Waals surface area contributed by atoms with Gasteiger partial charge in [0.2, 0.25) is 17.7 Å². The van der Waals surface area contributed by atoms with Gasteiger partial charge in [0.15, 0.2) is 0 Å². The van der Waals surface area contributed by atoms with Crippen molar-refractivity contribution < 1.29 is 14.4 Å². The fourth-order valence-electron chi connectivity index (χ4n) is 2.60. The van der Waals surface area contributed by atoms with Crippen molar-refractivity contribution in [3.8, 4) is 0 Å². The molecule has 6 nitrogen and oxygen atoms in total. The monoisotopic (exact) mass is 367 g/mol. The molecular formula is C21H25N3O3. The van der Waals surface area contributed by atoms with Crippen molar-refractivity contribution in [3.63, 3.8) is 0 Å². The van der Waals surface area contributed by atoms with Gasteiger partial charge in [-0.25, -0.2) is 0 Å². The van der Waals surface area contributed by atoms with E-state index in [0.29, 0.717) is 17.1 Å². The van der Waals surface area contributed by atoms with Gasteiger partial charge in [0, 0.05) is 24.0 Å². The Balaban J connectivity index is 2.11. The molecule has 3 amide bonds. The lowest BCUT2D eigenvalue weighted by Crippen LogP contribution is -2.41. The first kappa shape index (κ1) is 20.2. The van der Waals surface area contributed by atoms with E-state index in [-0.39, 0.29) is 5.91 Å². The minimum Gasteiger partial charge on any atom is -0.326 e. The van der Waals surface area contributed by atoms with Gasteiger partial charge in [-0.2, -0.15) is 0 Å². The second kappa shape index (κ2) is 8.03. The Morgan fingerprint density at radius 3 is 1.74 bits per heavy atom. The number of rotatable bonds is 5. The van der Waals surface area contributed by atoms with Crippen LogP contribution in [0.15, 0.2) is 42.5 Å². The highest BCUT2D eigenvalue weighted by Gasteiger charge is 2.36. The zero-order chi connectivity index (χ0) is 20.2. The first-order chi connectivity index (χ1) is 12.6. The maximum Gasteiger partial charge on any atom is 0.239 e. The fourth-order valence-corrected chi connectivity index (χ4v) is 2.60. The third kappa shape index (κ3) is 5.41. The average Bonchev–Trinajstić information content (AvgIpc) is 2.53. The standard InChI is InChI=1S/C21H25N3O3/c1-13-9-14(2)11-18(10-13)24-20(27)21(4,5)19(26)23-17-8-6-7-16(12-17)22-15(3)25/h6-12H,1-5H3,(H,22,25)(H,23,26)(H,24,27). The summed E-state index contributed by atoms with van der Waals surface area (Å²) in [6.45, 7) is 8.44. The van der Waals surface area contributed by atoms with E-state index in [0.717, 1.165) is 11.1 Å². The Labute approximate surface area is 159 Å². The Kier molecular flexibility index (Phi) is 6.00. The van der Waals surface area contributed by atoms with E-state index >= 15 is 0 Å². The summed E-state index contributed by atoms with van der Waals surface area (Å²) in [7, 11) is 0. The van der Waals surface area contributed by atoms with Crippen LogP contribution in [0.3, 0.4) is 0 Å². The second-order valence-electron chi connectivity index (χ2n) is 7.17. The van der Waals surface area contributed by atoms with Gasteiger partial charge in [-0.1, -0.05) is 12.1 Å². The summed E-state index contributed by atoms with van der Waals surface area (Å²) in [6.07, 6.45) is 0. The van der Waals surface area contributed by atoms with Crippen LogP contribution in [0, 0.1) is 19.3 Å². The number of nitrogens with one attached hydrogen (secondary N) is 3. The van der Waals surface area contributed by atoms with Gasteiger partial charge in [-0.05, 0) is 69.2 Å². The van der Waals surface area contributed by atoms with Gasteiger partial charge in [0.1, 0.15) is 5.41 Å². The maximum absolute atomic E-state index is 12.7. The zero-order valence-electron chi connectivity index (χ0n) is 16.3. The third-order valence-corrected chi connectivity index (χ3v) is 4.06. The molecule has 0 aliphatic rings. The van der Waals surface area contributed by atoms with Crippen LogP contribution in [0.25, 0.3) is 0 Å². The smallest absolute Gasteiger partial charge is 0.239 e. The van der Waals surface area contributed by atoms with E-state index in [4.69, 9.17) is 0 Å². The highest BCUT2D eigenvalue weighted by atomic mass is 16.2. The molecular weight excluding hydrogens is 342 g/mol. The number of carbonyl (C=O) groups is 3. The van der Waals surface area contributed by atoms with Gasteiger partial charge in [0.25, 0.3) is 0 Å². The SMILES string of the molecule is CC(=O)Nc1cccc(NC(=O)C(C)(C)C(=O)Nc2cc(C)cc(C)c2)c1. The van der Waals surface area contributed by atoms with Gasteiger partial charge in [0.05, 0.1) is 0 Å². The molecule has 0 aromatic heterocycles. The van der Waals surface area contributed by atoms with Crippen LogP contribution in [-0.2, 0) is 14.4 Å². The quantitative estimate of drug-likeness (QED) is 0.701. The molecule has 0 bridgehead atoms. The molecule has 0 aliphatic carbocycles. The predicted octanol–water partition coefficient (Wildman–Crippen LogP) is 3.87. The summed E-state index contributed by atoms with van der Waals surface area (Å²) in [5.74, 6) is -1.04. The van der Waals surface area contributed by atoms with Crippen LogP contribution in [0.2, 0.25) is 0 Å². The molecule has 0 atom stereocenters. The van der Waals surface area contributed by atoms with Crippen LogP contribution in [0.1, 0.15) is 31.9 Å². The summed E-state index contributed by atoms with van der Waals surface area (Å²) in [5, 5.41) is 8.20. The van der Waals surface area contributed by atoms with E-state index in [1.807, 2.05) is 32.0 Å².